The minimum Gasteiger partial charge on any atom is -0.321 e. The molecule has 1 N–H and O–H groups in total. The third-order valence-electron chi connectivity index (χ3n) is 4.21. The van der Waals surface area contributed by atoms with Crippen molar-refractivity contribution in [1.82, 2.24) is 15.1 Å². The van der Waals surface area contributed by atoms with E-state index >= 15 is 0 Å². The van der Waals surface area contributed by atoms with Crippen molar-refractivity contribution >= 4 is 5.91 Å². The van der Waals surface area contributed by atoms with Gasteiger partial charge in [0.2, 0.25) is 5.91 Å². The van der Waals surface area contributed by atoms with Gasteiger partial charge in [-0.15, -0.1) is 0 Å². The van der Waals surface area contributed by atoms with E-state index in [1.165, 1.54) is 12.1 Å². The maximum absolute atomic E-state index is 13.0. The Bertz CT molecular complexity index is 490. The number of carbonyl (C=O) groups is 1. The highest BCUT2D eigenvalue weighted by Gasteiger charge is 2.34. The van der Waals surface area contributed by atoms with Crippen molar-refractivity contribution in [2.45, 2.75) is 12.6 Å². The van der Waals surface area contributed by atoms with E-state index < -0.39 is 0 Å². The molecule has 2 saturated heterocycles. The molecule has 0 aromatic heterocycles. The van der Waals surface area contributed by atoms with E-state index in [4.69, 9.17) is 0 Å². The molecule has 4 nitrogen and oxygen atoms in total. The zero-order chi connectivity index (χ0) is 14.1. The molecule has 20 heavy (non-hydrogen) atoms. The number of halogens is 1. The summed E-state index contributed by atoms with van der Waals surface area (Å²) in [4.78, 5) is 16.3. The Morgan fingerprint density at radius 2 is 2.10 bits per heavy atom. The van der Waals surface area contributed by atoms with Gasteiger partial charge in [-0.2, -0.15) is 0 Å². The molecule has 2 atom stereocenters. The molecule has 2 aliphatic heterocycles. The van der Waals surface area contributed by atoms with E-state index in [9.17, 15) is 9.18 Å². The minimum atomic E-state index is -0.248. The molecule has 2 aliphatic rings. The third-order valence-corrected chi connectivity index (χ3v) is 4.21. The first-order valence-corrected chi connectivity index (χ1v) is 7.10. The van der Waals surface area contributed by atoms with E-state index in [0.717, 1.165) is 31.6 Å². The molecule has 0 bridgehead atoms. The van der Waals surface area contributed by atoms with E-state index in [-0.39, 0.29) is 17.9 Å². The summed E-state index contributed by atoms with van der Waals surface area (Å²) >= 11 is 0. The molecule has 3 rings (SSSR count). The van der Waals surface area contributed by atoms with Crippen LogP contribution in [0.3, 0.4) is 0 Å². The monoisotopic (exact) mass is 277 g/mol. The minimum absolute atomic E-state index is 0.117. The fraction of sp³-hybridized carbons (Fsp3) is 0.533. The fourth-order valence-corrected chi connectivity index (χ4v) is 3.14. The first kappa shape index (κ1) is 13.5. The summed E-state index contributed by atoms with van der Waals surface area (Å²) in [6.45, 7) is 3.28. The van der Waals surface area contributed by atoms with Gasteiger partial charge in [-0.05, 0) is 43.6 Å². The Kier molecular flexibility index (Phi) is 3.72. The van der Waals surface area contributed by atoms with Crippen LogP contribution in [-0.4, -0.2) is 48.9 Å². The molecule has 0 radical (unpaired) electrons. The molecule has 0 aliphatic carbocycles. The molecule has 2 heterocycles. The van der Waals surface area contributed by atoms with Gasteiger partial charge in [-0.3, -0.25) is 10.1 Å². The normalized spacial score (nSPS) is 27.5. The predicted octanol–water partition coefficient (Wildman–Crippen LogP) is 1.21. The number of amides is 1. The molecule has 0 saturated carbocycles. The van der Waals surface area contributed by atoms with Crippen LogP contribution in [-0.2, 0) is 4.79 Å². The number of hydrogen-bond acceptors (Lipinski definition) is 3. The van der Waals surface area contributed by atoms with Gasteiger partial charge in [-0.1, -0.05) is 12.1 Å². The second kappa shape index (κ2) is 5.50. The smallest absolute Gasteiger partial charge is 0.238 e. The van der Waals surface area contributed by atoms with Crippen LogP contribution < -0.4 is 5.32 Å². The Morgan fingerprint density at radius 3 is 2.75 bits per heavy atom. The Labute approximate surface area is 118 Å². The summed E-state index contributed by atoms with van der Waals surface area (Å²) in [5.74, 6) is 0.419. The van der Waals surface area contributed by atoms with Crippen LogP contribution in [0.25, 0.3) is 0 Å². The molecule has 1 aromatic carbocycles. The summed E-state index contributed by atoms with van der Waals surface area (Å²) in [5, 5.41) is 3.22. The summed E-state index contributed by atoms with van der Waals surface area (Å²) in [6, 6.07) is 6.39. The number of nitrogens with zero attached hydrogens (tertiary/aromatic N) is 2. The summed E-state index contributed by atoms with van der Waals surface area (Å²) in [5.41, 5.74) is 0.948. The zero-order valence-corrected chi connectivity index (χ0v) is 11.7. The van der Waals surface area contributed by atoms with Crippen LogP contribution >= 0.6 is 0 Å². The van der Waals surface area contributed by atoms with Crippen molar-refractivity contribution in [2.75, 3.05) is 33.2 Å². The van der Waals surface area contributed by atoms with Gasteiger partial charge in [0.15, 0.2) is 0 Å². The number of likely N-dealkylation sites (tertiary alicyclic amines) is 1. The largest absolute Gasteiger partial charge is 0.321 e. The van der Waals surface area contributed by atoms with Crippen molar-refractivity contribution in [1.29, 1.82) is 0 Å². The number of rotatable bonds is 3. The molecule has 2 unspecified atom stereocenters. The summed E-state index contributed by atoms with van der Waals surface area (Å²) in [7, 11) is 2.11. The van der Waals surface area contributed by atoms with E-state index in [1.54, 1.807) is 12.1 Å². The van der Waals surface area contributed by atoms with Crippen LogP contribution in [0.15, 0.2) is 24.3 Å². The number of carbonyl (C=O) groups excluding carboxylic acids is 1. The van der Waals surface area contributed by atoms with E-state index in [0.29, 0.717) is 12.5 Å². The van der Waals surface area contributed by atoms with Gasteiger partial charge < -0.3 is 9.80 Å². The summed E-state index contributed by atoms with van der Waals surface area (Å²) in [6.07, 6.45) is 1.02. The summed E-state index contributed by atoms with van der Waals surface area (Å²) < 4.78 is 13.0. The zero-order valence-electron chi connectivity index (χ0n) is 11.7. The Balaban J connectivity index is 1.73. The molecule has 0 spiro atoms. The van der Waals surface area contributed by atoms with Crippen molar-refractivity contribution in [2.24, 2.45) is 5.92 Å². The van der Waals surface area contributed by atoms with Crippen molar-refractivity contribution in [3.8, 4) is 0 Å². The second-order valence-corrected chi connectivity index (χ2v) is 5.80. The Morgan fingerprint density at radius 1 is 1.35 bits per heavy atom. The van der Waals surface area contributed by atoms with Crippen LogP contribution in [0.5, 0.6) is 0 Å². The predicted molar refractivity (Wildman–Crippen MR) is 74.5 cm³/mol. The van der Waals surface area contributed by atoms with Crippen LogP contribution in [0.1, 0.15) is 18.2 Å². The molecule has 1 aromatic rings. The molecular weight excluding hydrogens is 257 g/mol. The highest BCUT2D eigenvalue weighted by atomic mass is 19.1. The molecular formula is C15H20FN3O. The highest BCUT2D eigenvalue weighted by Crippen LogP contribution is 2.26. The number of nitrogens with one attached hydrogen (secondary N) is 1. The SMILES string of the molecule is CN1CCC(CN2C(=O)CNC2c2ccc(F)cc2)C1. The first-order chi connectivity index (χ1) is 9.63. The van der Waals surface area contributed by atoms with Gasteiger partial charge in [0.1, 0.15) is 12.0 Å². The fourth-order valence-electron chi connectivity index (χ4n) is 3.14. The lowest BCUT2D eigenvalue weighted by Gasteiger charge is -2.27. The maximum atomic E-state index is 13.0. The third kappa shape index (κ3) is 2.69. The average molecular weight is 277 g/mol. The first-order valence-electron chi connectivity index (χ1n) is 7.10. The molecule has 2 fully saturated rings. The van der Waals surface area contributed by atoms with Gasteiger partial charge in [0, 0.05) is 13.1 Å². The van der Waals surface area contributed by atoms with Gasteiger partial charge in [-0.25, -0.2) is 4.39 Å². The molecule has 5 heteroatoms. The lowest BCUT2D eigenvalue weighted by molar-refractivity contribution is -0.128. The topological polar surface area (TPSA) is 35.6 Å². The van der Waals surface area contributed by atoms with Gasteiger partial charge >= 0.3 is 0 Å². The van der Waals surface area contributed by atoms with Crippen molar-refractivity contribution < 1.29 is 9.18 Å². The maximum Gasteiger partial charge on any atom is 0.238 e. The number of benzene rings is 1. The standard InChI is InChI=1S/C15H20FN3O/c1-18-7-6-11(9-18)10-19-14(20)8-17-15(19)12-2-4-13(16)5-3-12/h2-5,11,15,17H,6-10H2,1H3. The molecule has 108 valence electrons. The van der Waals surface area contributed by atoms with Crippen LogP contribution in [0, 0.1) is 11.7 Å². The average Bonchev–Trinajstić information content (AvgIpc) is 2.99. The second-order valence-electron chi connectivity index (χ2n) is 5.80. The van der Waals surface area contributed by atoms with Gasteiger partial charge in [0.05, 0.1) is 6.54 Å². The lowest BCUT2D eigenvalue weighted by atomic mass is 10.1. The van der Waals surface area contributed by atoms with Gasteiger partial charge in [0.25, 0.3) is 0 Å². The van der Waals surface area contributed by atoms with Crippen molar-refractivity contribution in [3.05, 3.63) is 35.6 Å². The molecule has 1 amide bonds. The number of hydrogen-bond donors (Lipinski definition) is 1. The quantitative estimate of drug-likeness (QED) is 0.902. The van der Waals surface area contributed by atoms with Crippen LogP contribution in [0.2, 0.25) is 0 Å². The van der Waals surface area contributed by atoms with Crippen LogP contribution in [0.4, 0.5) is 4.39 Å². The van der Waals surface area contributed by atoms with E-state index in [1.807, 2.05) is 4.90 Å². The Hall–Kier alpha value is -1.46. The lowest BCUT2D eigenvalue weighted by Crippen LogP contribution is -2.35. The van der Waals surface area contributed by atoms with E-state index in [2.05, 4.69) is 17.3 Å². The van der Waals surface area contributed by atoms with Crippen molar-refractivity contribution in [3.63, 3.8) is 0 Å². The highest BCUT2D eigenvalue weighted by molar-refractivity contribution is 5.81.